The highest BCUT2D eigenvalue weighted by molar-refractivity contribution is 9.10. The van der Waals surface area contributed by atoms with Gasteiger partial charge in [0.2, 0.25) is 5.91 Å². The monoisotopic (exact) mass is 366 g/mol. The van der Waals surface area contributed by atoms with E-state index in [1.807, 2.05) is 12.1 Å². The number of fused-ring (bicyclic) bond motifs is 1. The number of carbonyl (C=O) groups is 1. The van der Waals surface area contributed by atoms with E-state index in [0.717, 1.165) is 20.6 Å². The molecule has 1 aliphatic rings. The quantitative estimate of drug-likeness (QED) is 0.722. The molecule has 3 N–H and O–H groups in total. The Bertz CT molecular complexity index is 777. The molecule has 2 aromatic rings. The van der Waals surface area contributed by atoms with Crippen LogP contribution in [0.15, 0.2) is 43.7 Å². The average molecular weight is 367 g/mol. The van der Waals surface area contributed by atoms with Crippen molar-refractivity contribution in [1.82, 2.24) is 15.3 Å². The van der Waals surface area contributed by atoms with Crippen molar-refractivity contribution in [2.45, 2.75) is 16.1 Å². The average Bonchev–Trinajstić information content (AvgIpc) is 2.74. The summed E-state index contributed by atoms with van der Waals surface area (Å²) in [6.07, 6.45) is 1.46. The van der Waals surface area contributed by atoms with Gasteiger partial charge < -0.3 is 15.6 Å². The molecule has 2 heterocycles. The maximum absolute atomic E-state index is 11.8. The lowest BCUT2D eigenvalue weighted by Crippen LogP contribution is -2.23. The number of H-pyrrole nitrogens is 1. The molecule has 8 heteroatoms. The standard InChI is InChI=1S/C13H11BrN4O2S/c1-15-11-6-4-7(14)9(5-8(6)17-12(11)20)21-13-16-3-2-10(19)18-13/h2-5,11,15H,1H3,(H,17,20)(H,16,18,19). The van der Waals surface area contributed by atoms with Crippen LogP contribution in [0.5, 0.6) is 0 Å². The van der Waals surface area contributed by atoms with Crippen molar-refractivity contribution in [3.63, 3.8) is 0 Å². The maximum Gasteiger partial charge on any atom is 0.251 e. The molecule has 1 atom stereocenters. The lowest BCUT2D eigenvalue weighted by Gasteiger charge is -2.09. The van der Waals surface area contributed by atoms with Gasteiger partial charge in [-0.15, -0.1) is 0 Å². The molecule has 0 aliphatic carbocycles. The first kappa shape index (κ1) is 14.3. The van der Waals surface area contributed by atoms with Gasteiger partial charge in [-0.25, -0.2) is 4.98 Å². The molecule has 0 saturated carbocycles. The van der Waals surface area contributed by atoms with Crippen molar-refractivity contribution in [2.75, 3.05) is 12.4 Å². The van der Waals surface area contributed by atoms with Gasteiger partial charge in [0.25, 0.3) is 5.56 Å². The van der Waals surface area contributed by atoms with Gasteiger partial charge >= 0.3 is 0 Å². The molecule has 1 unspecified atom stereocenters. The Morgan fingerprint density at radius 3 is 2.90 bits per heavy atom. The predicted octanol–water partition coefficient (Wildman–Crippen LogP) is 1.90. The Morgan fingerprint density at radius 1 is 1.38 bits per heavy atom. The Morgan fingerprint density at radius 2 is 2.19 bits per heavy atom. The van der Waals surface area contributed by atoms with Crippen LogP contribution < -0.4 is 16.2 Å². The van der Waals surface area contributed by atoms with Crippen LogP contribution in [-0.2, 0) is 4.79 Å². The van der Waals surface area contributed by atoms with E-state index in [4.69, 9.17) is 0 Å². The molecule has 6 nitrogen and oxygen atoms in total. The summed E-state index contributed by atoms with van der Waals surface area (Å²) in [4.78, 5) is 30.7. The van der Waals surface area contributed by atoms with E-state index in [2.05, 4.69) is 36.5 Å². The van der Waals surface area contributed by atoms with Crippen LogP contribution in [0, 0.1) is 0 Å². The summed E-state index contributed by atoms with van der Waals surface area (Å²) in [6, 6.07) is 4.79. The molecule has 1 amide bonds. The fourth-order valence-electron chi connectivity index (χ4n) is 2.13. The van der Waals surface area contributed by atoms with Crippen LogP contribution in [0.25, 0.3) is 0 Å². The minimum absolute atomic E-state index is 0.0761. The Balaban J connectivity index is 1.97. The zero-order valence-electron chi connectivity index (χ0n) is 10.9. The van der Waals surface area contributed by atoms with Crippen molar-refractivity contribution in [3.8, 4) is 0 Å². The van der Waals surface area contributed by atoms with Crippen molar-refractivity contribution < 1.29 is 4.79 Å². The number of hydrogen-bond acceptors (Lipinski definition) is 5. The summed E-state index contributed by atoms with van der Waals surface area (Å²) in [5.41, 5.74) is 1.46. The number of likely N-dealkylation sites (N-methyl/N-ethyl adjacent to an activating group) is 1. The highest BCUT2D eigenvalue weighted by Gasteiger charge is 2.30. The van der Waals surface area contributed by atoms with Crippen molar-refractivity contribution in [2.24, 2.45) is 0 Å². The number of nitrogens with one attached hydrogen (secondary N) is 3. The van der Waals surface area contributed by atoms with E-state index in [-0.39, 0.29) is 17.5 Å². The molecular weight excluding hydrogens is 356 g/mol. The van der Waals surface area contributed by atoms with E-state index in [1.54, 1.807) is 7.05 Å². The van der Waals surface area contributed by atoms with Crippen LogP contribution in [0.1, 0.15) is 11.6 Å². The van der Waals surface area contributed by atoms with Gasteiger partial charge in [0, 0.05) is 32.9 Å². The van der Waals surface area contributed by atoms with Gasteiger partial charge in [0.1, 0.15) is 6.04 Å². The highest BCUT2D eigenvalue weighted by atomic mass is 79.9. The summed E-state index contributed by atoms with van der Waals surface area (Å²) in [5, 5.41) is 6.31. The number of hydrogen-bond donors (Lipinski definition) is 3. The number of rotatable bonds is 3. The third-order valence-electron chi connectivity index (χ3n) is 3.08. The second-order valence-corrected chi connectivity index (χ2v) is 6.31. The smallest absolute Gasteiger partial charge is 0.251 e. The lowest BCUT2D eigenvalue weighted by atomic mass is 10.1. The van der Waals surface area contributed by atoms with Gasteiger partial charge in [-0.3, -0.25) is 9.59 Å². The summed E-state index contributed by atoms with van der Waals surface area (Å²) < 4.78 is 0.842. The highest BCUT2D eigenvalue weighted by Crippen LogP contribution is 2.40. The molecule has 0 bridgehead atoms. The van der Waals surface area contributed by atoms with E-state index in [1.165, 1.54) is 24.0 Å². The molecule has 108 valence electrons. The number of anilines is 1. The molecule has 0 radical (unpaired) electrons. The zero-order chi connectivity index (χ0) is 15.0. The van der Waals surface area contributed by atoms with Crippen molar-refractivity contribution in [1.29, 1.82) is 0 Å². The van der Waals surface area contributed by atoms with Crippen LogP contribution in [0.2, 0.25) is 0 Å². The molecule has 0 spiro atoms. The molecule has 1 aromatic carbocycles. The van der Waals surface area contributed by atoms with E-state index in [9.17, 15) is 9.59 Å². The first-order chi connectivity index (χ1) is 10.1. The minimum atomic E-state index is -0.343. The van der Waals surface area contributed by atoms with Crippen LogP contribution in [0.3, 0.4) is 0 Å². The number of aromatic amines is 1. The van der Waals surface area contributed by atoms with E-state index < -0.39 is 0 Å². The van der Waals surface area contributed by atoms with Gasteiger partial charge in [0.15, 0.2) is 5.16 Å². The molecule has 1 aliphatic heterocycles. The number of nitrogens with zero attached hydrogens (tertiary/aromatic N) is 1. The lowest BCUT2D eigenvalue weighted by molar-refractivity contribution is -0.117. The van der Waals surface area contributed by atoms with Crippen molar-refractivity contribution >= 4 is 39.3 Å². The first-order valence-electron chi connectivity index (χ1n) is 6.13. The maximum atomic E-state index is 11.8. The number of amides is 1. The molecule has 21 heavy (non-hydrogen) atoms. The van der Waals surface area contributed by atoms with Crippen LogP contribution in [-0.4, -0.2) is 22.9 Å². The number of halogens is 1. The van der Waals surface area contributed by atoms with Gasteiger partial charge in [0.05, 0.1) is 0 Å². The third-order valence-corrected chi connectivity index (χ3v) is 4.96. The van der Waals surface area contributed by atoms with Gasteiger partial charge in [-0.2, -0.15) is 0 Å². The number of carbonyl (C=O) groups excluding carboxylic acids is 1. The number of aromatic nitrogens is 2. The van der Waals surface area contributed by atoms with Gasteiger partial charge in [-0.05, 0) is 35.1 Å². The zero-order valence-corrected chi connectivity index (χ0v) is 13.3. The summed E-state index contributed by atoms with van der Waals surface area (Å²) in [7, 11) is 1.74. The van der Waals surface area contributed by atoms with Crippen LogP contribution >= 0.6 is 27.7 Å². The Hall–Kier alpha value is -1.64. The Kier molecular flexibility index (Phi) is 3.83. The van der Waals surface area contributed by atoms with E-state index in [0.29, 0.717) is 5.16 Å². The summed E-state index contributed by atoms with van der Waals surface area (Å²) >= 11 is 4.81. The fourth-order valence-corrected chi connectivity index (χ4v) is 3.55. The molecule has 0 fully saturated rings. The second kappa shape index (κ2) is 5.63. The van der Waals surface area contributed by atoms with E-state index >= 15 is 0 Å². The summed E-state index contributed by atoms with van der Waals surface area (Å²) in [6.45, 7) is 0. The first-order valence-corrected chi connectivity index (χ1v) is 7.74. The Labute approximate surface area is 132 Å². The van der Waals surface area contributed by atoms with Crippen LogP contribution in [0.4, 0.5) is 5.69 Å². The molecule has 3 rings (SSSR count). The third kappa shape index (κ3) is 2.74. The minimum Gasteiger partial charge on any atom is -0.324 e. The normalized spacial score (nSPS) is 16.7. The van der Waals surface area contributed by atoms with Gasteiger partial charge in [-0.1, -0.05) is 11.8 Å². The largest absolute Gasteiger partial charge is 0.324 e. The molecule has 1 aromatic heterocycles. The predicted molar refractivity (Wildman–Crippen MR) is 83.6 cm³/mol. The molecule has 0 saturated heterocycles. The fraction of sp³-hybridized carbons (Fsp3) is 0.154. The molecular formula is C13H11BrN4O2S. The second-order valence-electron chi connectivity index (χ2n) is 4.42. The number of benzene rings is 1. The SMILES string of the molecule is CNC1C(=O)Nc2cc(Sc3nccc(=O)[nH]3)c(Br)cc21. The summed E-state index contributed by atoms with van der Waals surface area (Å²) in [5.74, 6) is -0.0761. The topological polar surface area (TPSA) is 86.9 Å². The van der Waals surface area contributed by atoms with Crippen molar-refractivity contribution in [3.05, 3.63) is 44.8 Å².